The predicted molar refractivity (Wildman–Crippen MR) is 82.2 cm³/mol. The Morgan fingerprint density at radius 3 is 2.57 bits per heavy atom. The van der Waals surface area contributed by atoms with Gasteiger partial charge in [0.25, 0.3) is 0 Å². The van der Waals surface area contributed by atoms with E-state index in [1.54, 1.807) is 0 Å². The third-order valence-corrected chi connectivity index (χ3v) is 4.54. The Labute approximate surface area is 126 Å². The number of rotatable bonds is 5. The highest BCUT2D eigenvalue weighted by Gasteiger charge is 2.27. The van der Waals surface area contributed by atoms with Crippen molar-refractivity contribution in [3.63, 3.8) is 0 Å². The smallest absolute Gasteiger partial charge is 0.231 e. The van der Waals surface area contributed by atoms with Crippen LogP contribution in [0.3, 0.4) is 0 Å². The van der Waals surface area contributed by atoms with Gasteiger partial charge in [0.05, 0.1) is 5.92 Å². The van der Waals surface area contributed by atoms with Gasteiger partial charge in [-0.1, -0.05) is 55.3 Å². The van der Waals surface area contributed by atoms with E-state index in [0.29, 0.717) is 5.92 Å². The van der Waals surface area contributed by atoms with Crippen LogP contribution in [0.2, 0.25) is 0 Å². The molecule has 4 nitrogen and oxygen atoms in total. The second-order valence-corrected chi connectivity index (χ2v) is 5.94. The summed E-state index contributed by atoms with van der Waals surface area (Å²) in [6.07, 6.45) is 4.96. The standard InChI is InChI=1S/C17H23N3O/c1-12(15(18-2)13-8-4-3-5-9-13)17-19-16(20-21-17)14-10-6-7-11-14/h3-5,8-9,12,14-15,18H,6-7,10-11H2,1-2H3. The summed E-state index contributed by atoms with van der Waals surface area (Å²) in [7, 11) is 1.97. The van der Waals surface area contributed by atoms with Gasteiger partial charge in [-0.15, -0.1) is 0 Å². The monoisotopic (exact) mass is 285 g/mol. The number of hydrogen-bond acceptors (Lipinski definition) is 4. The maximum Gasteiger partial charge on any atom is 0.231 e. The first kappa shape index (κ1) is 14.3. The van der Waals surface area contributed by atoms with Gasteiger partial charge in [0.2, 0.25) is 5.89 Å². The average Bonchev–Trinajstić information content (AvgIpc) is 3.20. The third kappa shape index (κ3) is 3.00. The minimum atomic E-state index is 0.153. The molecular weight excluding hydrogens is 262 g/mol. The molecule has 0 aliphatic heterocycles. The Balaban J connectivity index is 1.78. The maximum atomic E-state index is 5.54. The van der Waals surface area contributed by atoms with E-state index in [1.165, 1.54) is 31.2 Å². The quantitative estimate of drug-likeness (QED) is 0.908. The van der Waals surface area contributed by atoms with Gasteiger partial charge in [0.15, 0.2) is 5.82 Å². The lowest BCUT2D eigenvalue weighted by atomic mass is 9.94. The fraction of sp³-hybridized carbons (Fsp3) is 0.529. The van der Waals surface area contributed by atoms with Crippen molar-refractivity contribution in [2.45, 2.75) is 50.5 Å². The van der Waals surface area contributed by atoms with Crippen LogP contribution < -0.4 is 5.32 Å². The Morgan fingerprint density at radius 2 is 1.90 bits per heavy atom. The molecule has 0 bridgehead atoms. The zero-order valence-electron chi connectivity index (χ0n) is 12.7. The molecule has 0 amide bonds. The van der Waals surface area contributed by atoms with Crippen molar-refractivity contribution >= 4 is 0 Å². The van der Waals surface area contributed by atoms with Crippen molar-refractivity contribution in [2.24, 2.45) is 0 Å². The first-order valence-corrected chi connectivity index (χ1v) is 7.85. The zero-order chi connectivity index (χ0) is 14.7. The fourth-order valence-electron chi connectivity index (χ4n) is 3.29. The van der Waals surface area contributed by atoms with Crippen LogP contribution in [0.4, 0.5) is 0 Å². The summed E-state index contributed by atoms with van der Waals surface area (Å²) >= 11 is 0. The van der Waals surface area contributed by atoms with Gasteiger partial charge in [-0.2, -0.15) is 4.98 Å². The summed E-state index contributed by atoms with van der Waals surface area (Å²) in [6.45, 7) is 2.14. The lowest BCUT2D eigenvalue weighted by molar-refractivity contribution is 0.327. The molecule has 1 aromatic heterocycles. The van der Waals surface area contributed by atoms with Crippen molar-refractivity contribution in [2.75, 3.05) is 7.05 Å². The van der Waals surface area contributed by atoms with Crippen LogP contribution in [0.15, 0.2) is 34.9 Å². The number of benzene rings is 1. The van der Waals surface area contributed by atoms with Crippen LogP contribution in [-0.2, 0) is 0 Å². The third-order valence-electron chi connectivity index (χ3n) is 4.54. The van der Waals surface area contributed by atoms with Gasteiger partial charge in [-0.05, 0) is 25.5 Å². The second kappa shape index (κ2) is 6.39. The van der Waals surface area contributed by atoms with Crippen LogP contribution in [0, 0.1) is 0 Å². The summed E-state index contributed by atoms with van der Waals surface area (Å²) in [5, 5.41) is 7.58. The molecule has 3 rings (SSSR count). The Kier molecular flexibility index (Phi) is 4.34. The average molecular weight is 285 g/mol. The minimum absolute atomic E-state index is 0.153. The Hall–Kier alpha value is -1.68. The molecule has 1 N–H and O–H groups in total. The van der Waals surface area contributed by atoms with Crippen molar-refractivity contribution in [1.29, 1.82) is 0 Å². The molecule has 112 valence electrons. The highest BCUT2D eigenvalue weighted by molar-refractivity contribution is 5.22. The largest absolute Gasteiger partial charge is 0.339 e. The van der Waals surface area contributed by atoms with Gasteiger partial charge in [-0.25, -0.2) is 0 Å². The molecule has 2 aromatic rings. The summed E-state index contributed by atoms with van der Waals surface area (Å²) in [6, 6.07) is 10.6. The minimum Gasteiger partial charge on any atom is -0.339 e. The van der Waals surface area contributed by atoms with E-state index in [2.05, 4.69) is 46.6 Å². The van der Waals surface area contributed by atoms with Gasteiger partial charge in [0.1, 0.15) is 0 Å². The van der Waals surface area contributed by atoms with Crippen molar-refractivity contribution in [3.8, 4) is 0 Å². The molecular formula is C17H23N3O. The molecule has 2 unspecified atom stereocenters. The Morgan fingerprint density at radius 1 is 1.19 bits per heavy atom. The van der Waals surface area contributed by atoms with Gasteiger partial charge in [-0.3, -0.25) is 0 Å². The summed E-state index contributed by atoms with van der Waals surface area (Å²) in [5.74, 6) is 2.29. The van der Waals surface area contributed by atoms with Crippen molar-refractivity contribution in [1.82, 2.24) is 15.5 Å². The van der Waals surface area contributed by atoms with E-state index < -0.39 is 0 Å². The van der Waals surface area contributed by atoms with E-state index >= 15 is 0 Å². The van der Waals surface area contributed by atoms with Crippen LogP contribution in [0.25, 0.3) is 0 Å². The molecule has 1 aliphatic rings. The van der Waals surface area contributed by atoms with E-state index in [1.807, 2.05) is 13.1 Å². The molecule has 1 saturated carbocycles. The van der Waals surface area contributed by atoms with Crippen LogP contribution in [-0.4, -0.2) is 17.2 Å². The Bertz CT molecular complexity index is 560. The van der Waals surface area contributed by atoms with Gasteiger partial charge < -0.3 is 9.84 Å². The summed E-state index contributed by atoms with van der Waals surface area (Å²) in [5.41, 5.74) is 1.24. The summed E-state index contributed by atoms with van der Waals surface area (Å²) in [4.78, 5) is 4.67. The van der Waals surface area contributed by atoms with Crippen molar-refractivity contribution < 1.29 is 4.52 Å². The zero-order valence-corrected chi connectivity index (χ0v) is 12.7. The van der Waals surface area contributed by atoms with Crippen LogP contribution in [0.1, 0.15) is 67.8 Å². The second-order valence-electron chi connectivity index (χ2n) is 5.94. The van der Waals surface area contributed by atoms with Crippen LogP contribution in [0.5, 0.6) is 0 Å². The van der Waals surface area contributed by atoms with E-state index in [4.69, 9.17) is 4.52 Å². The molecule has 1 aromatic carbocycles. The molecule has 1 fully saturated rings. The van der Waals surface area contributed by atoms with E-state index in [9.17, 15) is 0 Å². The molecule has 1 aliphatic carbocycles. The van der Waals surface area contributed by atoms with Gasteiger partial charge >= 0.3 is 0 Å². The van der Waals surface area contributed by atoms with E-state index in [0.717, 1.165) is 11.7 Å². The molecule has 1 heterocycles. The SMILES string of the molecule is CNC(c1ccccc1)C(C)c1nc(C2CCCC2)no1. The molecule has 2 atom stereocenters. The predicted octanol–water partition coefficient (Wildman–Crippen LogP) is 3.79. The summed E-state index contributed by atoms with van der Waals surface area (Å²) < 4.78 is 5.54. The maximum absolute atomic E-state index is 5.54. The number of nitrogens with zero attached hydrogens (tertiary/aromatic N) is 2. The first-order valence-electron chi connectivity index (χ1n) is 7.85. The number of hydrogen-bond donors (Lipinski definition) is 1. The van der Waals surface area contributed by atoms with Crippen LogP contribution >= 0.6 is 0 Å². The topological polar surface area (TPSA) is 51.0 Å². The number of nitrogens with one attached hydrogen (secondary N) is 1. The van der Waals surface area contributed by atoms with Crippen molar-refractivity contribution in [3.05, 3.63) is 47.6 Å². The molecule has 0 saturated heterocycles. The molecule has 0 spiro atoms. The lowest BCUT2D eigenvalue weighted by Gasteiger charge is -2.21. The highest BCUT2D eigenvalue weighted by Crippen LogP contribution is 2.34. The lowest BCUT2D eigenvalue weighted by Crippen LogP contribution is -2.22. The highest BCUT2D eigenvalue weighted by atomic mass is 16.5. The molecule has 21 heavy (non-hydrogen) atoms. The number of aromatic nitrogens is 2. The number of likely N-dealkylation sites (N-methyl/N-ethyl adjacent to an activating group) is 1. The fourth-order valence-corrected chi connectivity index (χ4v) is 3.29. The first-order chi connectivity index (χ1) is 10.3. The normalized spacial score (nSPS) is 18.8. The molecule has 4 heteroatoms. The molecule has 0 radical (unpaired) electrons. The van der Waals surface area contributed by atoms with E-state index in [-0.39, 0.29) is 12.0 Å². The van der Waals surface area contributed by atoms with Gasteiger partial charge in [0, 0.05) is 12.0 Å².